The summed E-state index contributed by atoms with van der Waals surface area (Å²) >= 11 is 0. The molecule has 196 valence electrons. The average molecular weight is 519 g/mol. The molecular weight excluding hydrogens is 484 g/mol. The molecule has 11 heteroatoms. The summed E-state index contributed by atoms with van der Waals surface area (Å²) in [6, 6.07) is 5.50. The predicted octanol–water partition coefficient (Wildman–Crippen LogP) is 1.74. The third kappa shape index (κ3) is 4.70. The molecule has 1 aromatic carbocycles. The number of sulfone groups is 1. The highest BCUT2D eigenvalue weighted by atomic mass is 32.2. The number of hydrogen-bond donors (Lipinski definition) is 0. The van der Waals surface area contributed by atoms with Gasteiger partial charge in [-0.1, -0.05) is 18.2 Å². The molecule has 0 N–H and O–H groups in total. The van der Waals surface area contributed by atoms with Crippen LogP contribution in [0.2, 0.25) is 0 Å². The number of ether oxygens (including phenoxy) is 3. The van der Waals surface area contributed by atoms with Gasteiger partial charge < -0.3 is 19.1 Å². The molecule has 0 radical (unpaired) electrons. The Hall–Kier alpha value is -2.31. The van der Waals surface area contributed by atoms with E-state index < -0.39 is 9.84 Å². The molecule has 1 atom stereocenters. The van der Waals surface area contributed by atoms with Gasteiger partial charge in [0.1, 0.15) is 0 Å². The molecule has 10 nitrogen and oxygen atoms in total. The Balaban J connectivity index is 1.64. The molecule has 3 aliphatic rings. The topological polar surface area (TPSA) is 103 Å². The SMILES string of the molecule is COCCN1CCC[C@H](n2nc(C(=O)N3CCOCC3)c3c2-c2cccc(COC)c2S(=O)(=O)C3)C1. The highest BCUT2D eigenvalue weighted by Crippen LogP contribution is 2.43. The summed E-state index contributed by atoms with van der Waals surface area (Å²) in [4.78, 5) is 18.0. The van der Waals surface area contributed by atoms with Crippen molar-refractivity contribution in [1.82, 2.24) is 19.6 Å². The number of carbonyl (C=O) groups is 1. The van der Waals surface area contributed by atoms with Gasteiger partial charge >= 0.3 is 0 Å². The Labute approximate surface area is 212 Å². The molecular formula is C25H34N4O6S. The quantitative estimate of drug-likeness (QED) is 0.546. The molecule has 5 rings (SSSR count). The molecule has 0 unspecified atom stereocenters. The lowest BCUT2D eigenvalue weighted by molar-refractivity contribution is 0.0297. The summed E-state index contributed by atoms with van der Waals surface area (Å²) < 4.78 is 45.1. The van der Waals surface area contributed by atoms with Crippen LogP contribution in [0.4, 0.5) is 0 Å². The van der Waals surface area contributed by atoms with E-state index in [1.807, 2.05) is 16.8 Å². The van der Waals surface area contributed by atoms with Crippen LogP contribution in [0.15, 0.2) is 23.1 Å². The molecule has 36 heavy (non-hydrogen) atoms. The number of amides is 1. The summed E-state index contributed by atoms with van der Waals surface area (Å²) in [5.41, 5.74) is 2.72. The van der Waals surface area contributed by atoms with Crippen LogP contribution in [0, 0.1) is 0 Å². The first kappa shape index (κ1) is 25.3. The van der Waals surface area contributed by atoms with E-state index in [0.29, 0.717) is 49.6 Å². The molecule has 4 heterocycles. The zero-order chi connectivity index (χ0) is 25.3. The monoisotopic (exact) mass is 518 g/mol. The van der Waals surface area contributed by atoms with Gasteiger partial charge in [0.05, 0.1) is 48.8 Å². The molecule has 3 aliphatic heterocycles. The Bertz CT molecular complexity index is 1220. The Morgan fingerprint density at radius 1 is 1.17 bits per heavy atom. The molecule has 0 spiro atoms. The number of nitrogens with zero attached hydrogens (tertiary/aromatic N) is 4. The number of fused-ring (bicyclic) bond motifs is 3. The highest BCUT2D eigenvalue weighted by molar-refractivity contribution is 7.91. The van der Waals surface area contributed by atoms with Gasteiger partial charge in [0, 0.05) is 51.5 Å². The van der Waals surface area contributed by atoms with E-state index in [9.17, 15) is 13.2 Å². The van der Waals surface area contributed by atoms with E-state index in [4.69, 9.17) is 19.3 Å². The third-order valence-corrected chi connectivity index (χ3v) is 9.02. The first-order valence-corrected chi connectivity index (χ1v) is 14.1. The number of piperidine rings is 1. The summed E-state index contributed by atoms with van der Waals surface area (Å²) in [5.74, 6) is -0.478. The zero-order valence-corrected chi connectivity index (χ0v) is 21.8. The van der Waals surface area contributed by atoms with Gasteiger partial charge in [-0.25, -0.2) is 8.42 Å². The first-order chi connectivity index (χ1) is 17.4. The highest BCUT2D eigenvalue weighted by Gasteiger charge is 2.40. The number of carbonyl (C=O) groups excluding carboxylic acids is 1. The number of hydrogen-bond acceptors (Lipinski definition) is 8. The van der Waals surface area contributed by atoms with Crippen molar-refractivity contribution in [2.24, 2.45) is 0 Å². The normalized spacial score (nSPS) is 21.7. The molecule has 2 fully saturated rings. The fourth-order valence-electron chi connectivity index (χ4n) is 5.57. The van der Waals surface area contributed by atoms with E-state index >= 15 is 0 Å². The summed E-state index contributed by atoms with van der Waals surface area (Å²) in [6.07, 6.45) is 1.90. The van der Waals surface area contributed by atoms with Crippen LogP contribution in [0.25, 0.3) is 11.3 Å². The van der Waals surface area contributed by atoms with Crippen LogP contribution < -0.4 is 0 Å². The van der Waals surface area contributed by atoms with E-state index in [1.165, 1.54) is 0 Å². The maximum absolute atomic E-state index is 13.6. The standard InChI is InChI=1S/C25H34N4O6S/c1-33-12-9-27-8-4-6-19(15-27)29-23-20-7-3-5-18(16-34-2)24(20)36(31,32)17-21(23)22(26-29)25(30)28-10-13-35-14-11-28/h3,5,7,19H,4,6,8-17H2,1-2H3/t19-/m0/s1. The second-order valence-electron chi connectivity index (χ2n) is 9.60. The largest absolute Gasteiger partial charge is 0.383 e. The van der Waals surface area contributed by atoms with Crippen molar-refractivity contribution in [3.05, 3.63) is 35.0 Å². The van der Waals surface area contributed by atoms with Gasteiger partial charge in [0.25, 0.3) is 5.91 Å². The van der Waals surface area contributed by atoms with Crippen molar-refractivity contribution in [3.63, 3.8) is 0 Å². The van der Waals surface area contributed by atoms with E-state index in [2.05, 4.69) is 4.90 Å². The fraction of sp³-hybridized carbons (Fsp3) is 0.600. The number of benzene rings is 1. The third-order valence-electron chi connectivity index (χ3n) is 7.24. The van der Waals surface area contributed by atoms with E-state index in [1.54, 1.807) is 25.2 Å². The van der Waals surface area contributed by atoms with Gasteiger partial charge in [0.2, 0.25) is 0 Å². The van der Waals surface area contributed by atoms with Gasteiger partial charge in [-0.3, -0.25) is 14.4 Å². The van der Waals surface area contributed by atoms with Crippen molar-refractivity contribution in [3.8, 4) is 11.3 Å². The van der Waals surface area contributed by atoms with Gasteiger partial charge in [-0.2, -0.15) is 5.10 Å². The van der Waals surface area contributed by atoms with Crippen LogP contribution in [-0.4, -0.2) is 101 Å². The minimum Gasteiger partial charge on any atom is -0.383 e. The molecule has 2 aromatic rings. The van der Waals surface area contributed by atoms with Crippen molar-refractivity contribution >= 4 is 15.7 Å². The number of aromatic nitrogens is 2. The Morgan fingerprint density at radius 3 is 2.72 bits per heavy atom. The summed E-state index contributed by atoms with van der Waals surface area (Å²) in [5, 5.41) is 4.88. The van der Waals surface area contributed by atoms with Gasteiger partial charge in [0.15, 0.2) is 15.5 Å². The predicted molar refractivity (Wildman–Crippen MR) is 133 cm³/mol. The van der Waals surface area contributed by atoms with Crippen LogP contribution in [-0.2, 0) is 36.4 Å². The number of rotatable bonds is 7. The molecule has 1 aromatic heterocycles. The smallest absolute Gasteiger partial charge is 0.274 e. The van der Waals surface area contributed by atoms with Crippen LogP contribution in [0.5, 0.6) is 0 Å². The first-order valence-electron chi connectivity index (χ1n) is 12.5. The minimum absolute atomic E-state index is 0.0235. The summed E-state index contributed by atoms with van der Waals surface area (Å²) in [7, 11) is -0.437. The molecule has 1 amide bonds. The minimum atomic E-state index is -3.69. The number of methoxy groups -OCH3 is 2. The van der Waals surface area contributed by atoms with Crippen molar-refractivity contribution < 1.29 is 27.4 Å². The van der Waals surface area contributed by atoms with Crippen LogP contribution in [0.1, 0.15) is 40.5 Å². The number of likely N-dealkylation sites (tertiary alicyclic amines) is 1. The molecule has 0 aliphatic carbocycles. The lowest BCUT2D eigenvalue weighted by Gasteiger charge is -2.34. The zero-order valence-electron chi connectivity index (χ0n) is 20.9. The summed E-state index contributed by atoms with van der Waals surface area (Å²) in [6.45, 7) is 5.27. The average Bonchev–Trinajstić information content (AvgIpc) is 3.26. The van der Waals surface area contributed by atoms with E-state index in [-0.39, 0.29) is 34.9 Å². The maximum atomic E-state index is 13.6. The lowest BCUT2D eigenvalue weighted by atomic mass is 10.0. The van der Waals surface area contributed by atoms with Gasteiger partial charge in [-0.15, -0.1) is 0 Å². The van der Waals surface area contributed by atoms with Crippen LogP contribution in [0.3, 0.4) is 0 Å². The fourth-order valence-corrected chi connectivity index (χ4v) is 7.39. The second kappa shape index (κ2) is 10.6. The molecule has 0 bridgehead atoms. The molecule has 2 saturated heterocycles. The Morgan fingerprint density at radius 2 is 1.97 bits per heavy atom. The lowest BCUT2D eigenvalue weighted by Crippen LogP contribution is -2.41. The van der Waals surface area contributed by atoms with E-state index in [0.717, 1.165) is 38.2 Å². The number of morpholine rings is 1. The van der Waals surface area contributed by atoms with Crippen LogP contribution >= 0.6 is 0 Å². The van der Waals surface area contributed by atoms with Crippen molar-refractivity contribution in [2.75, 3.05) is 66.8 Å². The van der Waals surface area contributed by atoms with Crippen molar-refractivity contribution in [1.29, 1.82) is 0 Å². The molecule has 0 saturated carbocycles. The van der Waals surface area contributed by atoms with Crippen molar-refractivity contribution in [2.45, 2.75) is 36.1 Å². The van der Waals surface area contributed by atoms with Gasteiger partial charge in [-0.05, 0) is 24.9 Å². The Kier molecular flexibility index (Phi) is 7.45. The second-order valence-corrected chi connectivity index (χ2v) is 11.5. The maximum Gasteiger partial charge on any atom is 0.274 e.